The van der Waals surface area contributed by atoms with Crippen molar-refractivity contribution < 1.29 is 27.8 Å². The van der Waals surface area contributed by atoms with Gasteiger partial charge < -0.3 is 9.84 Å². The van der Waals surface area contributed by atoms with E-state index < -0.39 is 12.1 Å². The van der Waals surface area contributed by atoms with Crippen LogP contribution in [0.5, 0.6) is 0 Å². The first-order valence-electron chi connectivity index (χ1n) is 6.90. The zero-order valence-electron chi connectivity index (χ0n) is 12.8. The highest BCUT2D eigenvalue weighted by Crippen LogP contribution is 2.26. The van der Waals surface area contributed by atoms with E-state index in [1.807, 2.05) is 11.3 Å². The molecule has 2 aromatic heterocycles. The minimum Gasteiger partial charge on any atom is -0.475 e. The maximum Gasteiger partial charge on any atom is 0.490 e. The van der Waals surface area contributed by atoms with Crippen LogP contribution in [0.25, 0.3) is 0 Å². The van der Waals surface area contributed by atoms with E-state index in [1.165, 1.54) is 16.1 Å². The van der Waals surface area contributed by atoms with Gasteiger partial charge in [0.15, 0.2) is 0 Å². The van der Waals surface area contributed by atoms with Crippen molar-refractivity contribution in [1.82, 2.24) is 15.1 Å². The van der Waals surface area contributed by atoms with Gasteiger partial charge >= 0.3 is 12.1 Å². The van der Waals surface area contributed by atoms with Gasteiger partial charge in [-0.3, -0.25) is 10.00 Å². The minimum absolute atomic E-state index is 0.596. The number of rotatable bonds is 4. The van der Waals surface area contributed by atoms with E-state index in [2.05, 4.69) is 32.6 Å². The van der Waals surface area contributed by atoms with Gasteiger partial charge in [-0.15, -0.1) is 11.3 Å². The minimum atomic E-state index is -5.08. The number of fused-ring (bicyclic) bond motifs is 1. The number of hydrogen-bond acceptors (Lipinski definition) is 5. The van der Waals surface area contributed by atoms with Crippen LogP contribution in [-0.2, 0) is 35.8 Å². The first-order valence-corrected chi connectivity index (χ1v) is 7.78. The van der Waals surface area contributed by atoms with E-state index in [0.29, 0.717) is 6.61 Å². The number of thiophene rings is 1. The molecule has 0 fully saturated rings. The van der Waals surface area contributed by atoms with Crippen LogP contribution in [0.1, 0.15) is 21.8 Å². The molecule has 1 aliphatic heterocycles. The molecule has 0 bridgehead atoms. The molecule has 2 aromatic rings. The van der Waals surface area contributed by atoms with Gasteiger partial charge in [0, 0.05) is 37.2 Å². The quantitative estimate of drug-likeness (QED) is 0.873. The molecule has 0 aromatic carbocycles. The molecule has 24 heavy (non-hydrogen) atoms. The van der Waals surface area contributed by atoms with Gasteiger partial charge in [0.25, 0.3) is 0 Å². The Morgan fingerprint density at radius 2 is 2.21 bits per heavy atom. The standard InChI is InChI=1S/C12H15N3OS.C2HF3O2/c1-16-8-12-10-6-15(7-11(10)13-14-12)5-9-3-2-4-17-9;3-2(4,5)1(6)7/h2-4H,5-8H2,1H3,(H,13,14);(H,6,7). The third-order valence-corrected chi connectivity index (χ3v) is 4.15. The molecule has 132 valence electrons. The molecule has 2 N–H and O–H groups in total. The first kappa shape index (κ1) is 18.4. The highest BCUT2D eigenvalue weighted by molar-refractivity contribution is 7.09. The normalized spacial score (nSPS) is 14.2. The zero-order chi connectivity index (χ0) is 17.7. The number of aromatic nitrogens is 2. The van der Waals surface area contributed by atoms with Crippen molar-refractivity contribution in [1.29, 1.82) is 0 Å². The fourth-order valence-corrected chi connectivity index (χ4v) is 3.00. The summed E-state index contributed by atoms with van der Waals surface area (Å²) in [5, 5.41) is 16.6. The molecule has 3 heterocycles. The van der Waals surface area contributed by atoms with E-state index in [9.17, 15) is 13.2 Å². The molecule has 0 aliphatic carbocycles. The van der Waals surface area contributed by atoms with Crippen molar-refractivity contribution in [3.63, 3.8) is 0 Å². The zero-order valence-corrected chi connectivity index (χ0v) is 13.6. The average molecular weight is 363 g/mol. The highest BCUT2D eigenvalue weighted by Gasteiger charge is 2.38. The molecule has 0 spiro atoms. The van der Waals surface area contributed by atoms with Crippen molar-refractivity contribution in [2.45, 2.75) is 32.4 Å². The van der Waals surface area contributed by atoms with Crippen LogP contribution >= 0.6 is 11.3 Å². The third kappa shape index (κ3) is 4.79. The SMILES string of the molecule is COCc1n[nH]c2c1CN(Cc1cccs1)C2.O=C(O)C(F)(F)F. The maximum absolute atomic E-state index is 10.6. The van der Waals surface area contributed by atoms with E-state index in [4.69, 9.17) is 14.6 Å². The summed E-state index contributed by atoms with van der Waals surface area (Å²) in [7, 11) is 1.71. The van der Waals surface area contributed by atoms with Gasteiger partial charge in [0.05, 0.1) is 18.0 Å². The largest absolute Gasteiger partial charge is 0.490 e. The second-order valence-electron chi connectivity index (χ2n) is 5.09. The number of ether oxygens (including phenoxy) is 1. The van der Waals surface area contributed by atoms with Gasteiger partial charge in [-0.05, 0) is 11.4 Å². The molecule has 0 amide bonds. The van der Waals surface area contributed by atoms with Gasteiger partial charge in [0.1, 0.15) is 0 Å². The number of methoxy groups -OCH3 is 1. The fourth-order valence-electron chi connectivity index (χ4n) is 2.26. The summed E-state index contributed by atoms with van der Waals surface area (Å²) in [5.41, 5.74) is 3.62. The van der Waals surface area contributed by atoms with Gasteiger partial charge in [-0.2, -0.15) is 18.3 Å². The molecule has 0 saturated carbocycles. The van der Waals surface area contributed by atoms with Crippen LogP contribution in [-0.4, -0.2) is 39.5 Å². The molecule has 1 aliphatic rings. The Labute approximate surface area is 139 Å². The maximum atomic E-state index is 10.6. The number of alkyl halides is 3. The van der Waals surface area contributed by atoms with Gasteiger partial charge in [-0.1, -0.05) is 6.07 Å². The number of hydrogen-bond donors (Lipinski definition) is 2. The molecule has 0 radical (unpaired) electrons. The predicted octanol–water partition coefficient (Wildman–Crippen LogP) is 2.77. The number of H-pyrrole nitrogens is 1. The molecule has 0 saturated heterocycles. The van der Waals surface area contributed by atoms with E-state index in [0.717, 1.165) is 25.3 Å². The number of carbonyl (C=O) groups is 1. The first-order chi connectivity index (χ1) is 11.3. The van der Waals surface area contributed by atoms with E-state index in [-0.39, 0.29) is 0 Å². The number of nitrogens with zero attached hydrogens (tertiary/aromatic N) is 2. The number of carboxylic acids is 1. The van der Waals surface area contributed by atoms with Crippen molar-refractivity contribution in [3.05, 3.63) is 39.3 Å². The number of aliphatic carboxylic acids is 1. The predicted molar refractivity (Wildman–Crippen MR) is 80.3 cm³/mol. The summed E-state index contributed by atoms with van der Waals surface area (Å²) in [4.78, 5) is 12.7. The second kappa shape index (κ2) is 7.77. The Bertz CT molecular complexity index is 671. The third-order valence-electron chi connectivity index (χ3n) is 3.28. The summed E-state index contributed by atoms with van der Waals surface area (Å²) in [5.74, 6) is -2.76. The lowest BCUT2D eigenvalue weighted by molar-refractivity contribution is -0.192. The summed E-state index contributed by atoms with van der Waals surface area (Å²) in [6, 6.07) is 4.29. The van der Waals surface area contributed by atoms with Crippen LogP contribution in [0, 0.1) is 0 Å². The summed E-state index contributed by atoms with van der Waals surface area (Å²) < 4.78 is 36.9. The second-order valence-corrected chi connectivity index (χ2v) is 6.12. The van der Waals surface area contributed by atoms with E-state index >= 15 is 0 Å². The lowest BCUT2D eigenvalue weighted by Crippen LogP contribution is -2.21. The van der Waals surface area contributed by atoms with Crippen LogP contribution < -0.4 is 0 Å². The smallest absolute Gasteiger partial charge is 0.475 e. The molecule has 3 rings (SSSR count). The van der Waals surface area contributed by atoms with Crippen molar-refractivity contribution in [3.8, 4) is 0 Å². The Morgan fingerprint density at radius 3 is 2.75 bits per heavy atom. The lowest BCUT2D eigenvalue weighted by Gasteiger charge is -2.13. The molecule has 0 unspecified atom stereocenters. The van der Waals surface area contributed by atoms with Crippen LogP contribution in [0.15, 0.2) is 17.5 Å². The number of halogens is 3. The van der Waals surface area contributed by atoms with E-state index in [1.54, 1.807) is 7.11 Å². The summed E-state index contributed by atoms with van der Waals surface area (Å²) in [6.07, 6.45) is -5.08. The number of carboxylic acid groups (broad SMARTS) is 1. The molecule has 0 atom stereocenters. The Hall–Kier alpha value is -1.91. The van der Waals surface area contributed by atoms with Crippen LogP contribution in [0.2, 0.25) is 0 Å². The lowest BCUT2D eigenvalue weighted by atomic mass is 10.2. The van der Waals surface area contributed by atoms with Crippen LogP contribution in [0.3, 0.4) is 0 Å². The number of aromatic amines is 1. The Balaban J connectivity index is 0.000000256. The fraction of sp³-hybridized carbons (Fsp3) is 0.429. The molecule has 10 heteroatoms. The monoisotopic (exact) mass is 363 g/mol. The Morgan fingerprint density at radius 1 is 1.50 bits per heavy atom. The van der Waals surface area contributed by atoms with Crippen molar-refractivity contribution >= 4 is 17.3 Å². The van der Waals surface area contributed by atoms with Crippen molar-refractivity contribution in [2.24, 2.45) is 0 Å². The van der Waals surface area contributed by atoms with Crippen molar-refractivity contribution in [2.75, 3.05) is 7.11 Å². The average Bonchev–Trinajstić information content (AvgIpc) is 3.19. The highest BCUT2D eigenvalue weighted by atomic mass is 32.1. The molecular weight excluding hydrogens is 347 g/mol. The van der Waals surface area contributed by atoms with Crippen LogP contribution in [0.4, 0.5) is 13.2 Å². The molecule has 6 nitrogen and oxygen atoms in total. The number of nitrogens with one attached hydrogen (secondary N) is 1. The Kier molecular flexibility index (Phi) is 5.97. The van der Waals surface area contributed by atoms with Gasteiger partial charge in [-0.25, -0.2) is 4.79 Å². The summed E-state index contributed by atoms with van der Waals surface area (Å²) >= 11 is 1.81. The summed E-state index contributed by atoms with van der Waals surface area (Å²) in [6.45, 7) is 3.55. The van der Waals surface area contributed by atoms with Gasteiger partial charge in [0.2, 0.25) is 0 Å². The topological polar surface area (TPSA) is 78.5 Å². The molecular formula is C14H16F3N3O3S.